The molecule has 1 aliphatic rings. The van der Waals surface area contributed by atoms with Crippen LogP contribution < -0.4 is 0 Å². The number of morpholine rings is 1. The van der Waals surface area contributed by atoms with Crippen molar-refractivity contribution < 1.29 is 14.3 Å². The van der Waals surface area contributed by atoms with E-state index in [0.717, 1.165) is 4.90 Å². The molecule has 0 radical (unpaired) electrons. The predicted octanol–water partition coefficient (Wildman–Crippen LogP) is -1.31. The Kier molecular flexibility index (Phi) is 2.23. The standard InChI is InChI=1S/C7H8N4O3/c12-6-2-14-3-7(13)11(6)1-5-8-4-9-10-5/h4H,1-3H2,(H,8,9,10). The first-order chi connectivity index (χ1) is 6.77. The second kappa shape index (κ2) is 3.54. The van der Waals surface area contributed by atoms with Gasteiger partial charge in [0.05, 0.1) is 6.54 Å². The number of imide groups is 1. The monoisotopic (exact) mass is 196 g/mol. The molecule has 1 aliphatic heterocycles. The molecule has 0 atom stereocenters. The van der Waals surface area contributed by atoms with Gasteiger partial charge < -0.3 is 4.74 Å². The van der Waals surface area contributed by atoms with Gasteiger partial charge in [-0.3, -0.25) is 19.6 Å². The summed E-state index contributed by atoms with van der Waals surface area (Å²) < 4.78 is 4.76. The number of nitrogens with one attached hydrogen (secondary N) is 1. The molecule has 2 amide bonds. The van der Waals surface area contributed by atoms with Gasteiger partial charge in [-0.15, -0.1) is 0 Å². The third kappa shape index (κ3) is 1.62. The number of aromatic amines is 1. The Balaban J connectivity index is 2.08. The molecular weight excluding hydrogens is 188 g/mol. The largest absolute Gasteiger partial charge is 0.362 e. The van der Waals surface area contributed by atoms with E-state index in [1.807, 2.05) is 0 Å². The summed E-state index contributed by atoms with van der Waals surface area (Å²) in [5.41, 5.74) is 0. The summed E-state index contributed by atoms with van der Waals surface area (Å²) in [7, 11) is 0. The predicted molar refractivity (Wildman–Crippen MR) is 42.8 cm³/mol. The lowest BCUT2D eigenvalue weighted by Gasteiger charge is -2.23. The van der Waals surface area contributed by atoms with Gasteiger partial charge in [0.25, 0.3) is 11.8 Å². The summed E-state index contributed by atoms with van der Waals surface area (Å²) in [6.07, 6.45) is 1.32. The minimum Gasteiger partial charge on any atom is -0.362 e. The lowest BCUT2D eigenvalue weighted by molar-refractivity contribution is -0.159. The molecule has 74 valence electrons. The van der Waals surface area contributed by atoms with Gasteiger partial charge in [0.2, 0.25) is 0 Å². The number of aromatic nitrogens is 3. The molecule has 0 aliphatic carbocycles. The molecule has 0 unspecified atom stereocenters. The minimum atomic E-state index is -0.349. The topological polar surface area (TPSA) is 88.2 Å². The van der Waals surface area contributed by atoms with Gasteiger partial charge >= 0.3 is 0 Å². The molecule has 1 N–H and O–H groups in total. The highest BCUT2D eigenvalue weighted by molar-refractivity contribution is 5.98. The normalized spacial score (nSPS) is 17.6. The Morgan fingerprint density at radius 1 is 1.43 bits per heavy atom. The van der Waals surface area contributed by atoms with E-state index in [4.69, 9.17) is 4.74 Å². The quantitative estimate of drug-likeness (QED) is 0.593. The second-order valence-electron chi connectivity index (χ2n) is 2.80. The summed E-state index contributed by atoms with van der Waals surface area (Å²) >= 11 is 0. The number of nitrogens with zero attached hydrogens (tertiary/aromatic N) is 3. The summed E-state index contributed by atoms with van der Waals surface area (Å²) in [6.45, 7) is 0.0147. The zero-order chi connectivity index (χ0) is 9.97. The van der Waals surface area contributed by atoms with Gasteiger partial charge in [0, 0.05) is 0 Å². The highest BCUT2D eigenvalue weighted by Gasteiger charge is 2.27. The van der Waals surface area contributed by atoms with Gasteiger partial charge in [0.1, 0.15) is 25.4 Å². The molecule has 0 saturated carbocycles. The van der Waals surface area contributed by atoms with E-state index in [2.05, 4.69) is 15.2 Å². The Labute approximate surface area is 79.1 Å². The lowest BCUT2D eigenvalue weighted by Crippen LogP contribution is -2.45. The fourth-order valence-corrected chi connectivity index (χ4v) is 1.15. The maximum Gasteiger partial charge on any atom is 0.255 e. The molecule has 2 heterocycles. The summed E-state index contributed by atoms with van der Waals surface area (Å²) in [5, 5.41) is 6.20. The van der Waals surface area contributed by atoms with Crippen LogP contribution in [0.1, 0.15) is 5.82 Å². The van der Waals surface area contributed by atoms with Crippen LogP contribution in [0.15, 0.2) is 6.33 Å². The van der Waals surface area contributed by atoms with Gasteiger partial charge in [0.15, 0.2) is 0 Å². The van der Waals surface area contributed by atoms with Crippen LogP contribution in [-0.4, -0.2) is 45.1 Å². The van der Waals surface area contributed by atoms with E-state index < -0.39 is 0 Å². The lowest BCUT2D eigenvalue weighted by atomic mass is 10.4. The Hall–Kier alpha value is -1.76. The van der Waals surface area contributed by atoms with E-state index in [1.54, 1.807) is 0 Å². The molecule has 7 nitrogen and oxygen atoms in total. The van der Waals surface area contributed by atoms with Gasteiger partial charge in [-0.2, -0.15) is 5.10 Å². The van der Waals surface area contributed by atoms with Gasteiger partial charge in [-0.25, -0.2) is 4.98 Å². The number of hydrogen-bond acceptors (Lipinski definition) is 5. The van der Waals surface area contributed by atoms with Crippen molar-refractivity contribution in [1.29, 1.82) is 0 Å². The third-order valence-corrected chi connectivity index (χ3v) is 1.83. The van der Waals surface area contributed by atoms with Crippen LogP contribution in [0.25, 0.3) is 0 Å². The summed E-state index contributed by atoms with van der Waals surface area (Å²) in [4.78, 5) is 27.4. The number of hydrogen-bond donors (Lipinski definition) is 1. The molecule has 2 rings (SSSR count). The van der Waals surface area contributed by atoms with E-state index in [0.29, 0.717) is 5.82 Å². The Morgan fingerprint density at radius 3 is 2.71 bits per heavy atom. The molecule has 0 bridgehead atoms. The van der Waals surface area contributed by atoms with Crippen LogP contribution >= 0.6 is 0 Å². The van der Waals surface area contributed by atoms with Crippen molar-refractivity contribution in [3.05, 3.63) is 12.2 Å². The maximum absolute atomic E-state index is 11.2. The van der Waals surface area contributed by atoms with Crippen molar-refractivity contribution in [2.24, 2.45) is 0 Å². The average molecular weight is 196 g/mol. The molecule has 1 aromatic heterocycles. The van der Waals surface area contributed by atoms with Crippen LogP contribution in [0.2, 0.25) is 0 Å². The first kappa shape index (κ1) is 8.82. The zero-order valence-electron chi connectivity index (χ0n) is 7.27. The summed E-state index contributed by atoms with van der Waals surface area (Å²) in [5.74, 6) is -0.219. The van der Waals surface area contributed by atoms with Crippen LogP contribution in [0.5, 0.6) is 0 Å². The number of ether oxygens (including phenoxy) is 1. The highest BCUT2D eigenvalue weighted by Crippen LogP contribution is 2.04. The highest BCUT2D eigenvalue weighted by atomic mass is 16.5. The number of H-pyrrole nitrogens is 1. The van der Waals surface area contributed by atoms with Crippen LogP contribution in [0.4, 0.5) is 0 Å². The van der Waals surface area contributed by atoms with Gasteiger partial charge in [-0.1, -0.05) is 0 Å². The fraction of sp³-hybridized carbons (Fsp3) is 0.429. The van der Waals surface area contributed by atoms with Crippen molar-refractivity contribution in [1.82, 2.24) is 20.1 Å². The minimum absolute atomic E-state index is 0.0557. The average Bonchev–Trinajstić information content (AvgIpc) is 2.64. The molecule has 7 heteroatoms. The summed E-state index contributed by atoms with van der Waals surface area (Å²) in [6, 6.07) is 0. The first-order valence-electron chi connectivity index (χ1n) is 4.02. The molecular formula is C7H8N4O3. The Bertz CT molecular complexity index is 332. The van der Waals surface area contributed by atoms with Crippen molar-refractivity contribution in [2.75, 3.05) is 13.2 Å². The van der Waals surface area contributed by atoms with Crippen molar-refractivity contribution in [3.8, 4) is 0 Å². The molecule has 1 fully saturated rings. The van der Waals surface area contributed by atoms with E-state index in [-0.39, 0.29) is 31.6 Å². The molecule has 14 heavy (non-hydrogen) atoms. The maximum atomic E-state index is 11.2. The van der Waals surface area contributed by atoms with E-state index >= 15 is 0 Å². The Morgan fingerprint density at radius 2 is 2.14 bits per heavy atom. The SMILES string of the molecule is O=C1COCC(=O)N1Cc1ncn[nH]1. The molecule has 1 aromatic rings. The van der Waals surface area contributed by atoms with Gasteiger partial charge in [-0.05, 0) is 0 Å². The third-order valence-electron chi connectivity index (χ3n) is 1.83. The van der Waals surface area contributed by atoms with Crippen molar-refractivity contribution >= 4 is 11.8 Å². The van der Waals surface area contributed by atoms with E-state index in [1.165, 1.54) is 6.33 Å². The first-order valence-corrected chi connectivity index (χ1v) is 4.02. The molecule has 0 aromatic carbocycles. The van der Waals surface area contributed by atoms with Crippen LogP contribution in [-0.2, 0) is 20.9 Å². The zero-order valence-corrected chi connectivity index (χ0v) is 7.27. The number of carbonyl (C=O) groups is 2. The van der Waals surface area contributed by atoms with Crippen molar-refractivity contribution in [2.45, 2.75) is 6.54 Å². The smallest absolute Gasteiger partial charge is 0.255 e. The molecule has 1 saturated heterocycles. The number of rotatable bonds is 2. The van der Waals surface area contributed by atoms with E-state index in [9.17, 15) is 9.59 Å². The molecule has 0 spiro atoms. The van der Waals surface area contributed by atoms with Crippen LogP contribution in [0.3, 0.4) is 0 Å². The second-order valence-corrected chi connectivity index (χ2v) is 2.80. The van der Waals surface area contributed by atoms with Crippen molar-refractivity contribution in [3.63, 3.8) is 0 Å². The number of amides is 2. The number of carbonyl (C=O) groups excluding carboxylic acids is 2. The van der Waals surface area contributed by atoms with Crippen LogP contribution in [0, 0.1) is 0 Å². The fourth-order valence-electron chi connectivity index (χ4n) is 1.15.